The summed E-state index contributed by atoms with van der Waals surface area (Å²) in [4.78, 5) is 38.7. The molecule has 0 aliphatic carbocycles. The fraction of sp³-hybridized carbons (Fsp3) is 0.192. The van der Waals surface area contributed by atoms with Crippen molar-refractivity contribution in [2.45, 2.75) is 19.4 Å². The van der Waals surface area contributed by atoms with E-state index in [1.165, 1.54) is 19.1 Å². The lowest BCUT2D eigenvalue weighted by atomic mass is 9.97. The van der Waals surface area contributed by atoms with Crippen LogP contribution in [0.3, 0.4) is 0 Å². The predicted molar refractivity (Wildman–Crippen MR) is 124 cm³/mol. The number of anilines is 1. The summed E-state index contributed by atoms with van der Waals surface area (Å²) in [6, 6.07) is 19.9. The number of halogens is 1. The molecule has 33 heavy (non-hydrogen) atoms. The Morgan fingerprint density at radius 2 is 1.73 bits per heavy atom. The summed E-state index contributed by atoms with van der Waals surface area (Å²) >= 11 is 0. The van der Waals surface area contributed by atoms with E-state index in [2.05, 4.69) is 10.6 Å². The first-order chi connectivity index (χ1) is 15.9. The van der Waals surface area contributed by atoms with Gasteiger partial charge in [-0.15, -0.1) is 0 Å². The van der Waals surface area contributed by atoms with Crippen molar-refractivity contribution in [1.82, 2.24) is 10.2 Å². The van der Waals surface area contributed by atoms with Gasteiger partial charge in [-0.05, 0) is 53.1 Å². The Hall–Kier alpha value is -4.00. The van der Waals surface area contributed by atoms with Crippen molar-refractivity contribution < 1.29 is 18.8 Å². The maximum atomic E-state index is 13.6. The number of benzene rings is 3. The predicted octanol–water partition coefficient (Wildman–Crippen LogP) is 3.63. The van der Waals surface area contributed by atoms with Crippen molar-refractivity contribution in [2.24, 2.45) is 0 Å². The van der Waals surface area contributed by atoms with Crippen molar-refractivity contribution in [3.8, 4) is 11.1 Å². The summed E-state index contributed by atoms with van der Waals surface area (Å²) in [5, 5.41) is 5.51. The Morgan fingerprint density at radius 1 is 1.03 bits per heavy atom. The van der Waals surface area contributed by atoms with E-state index >= 15 is 0 Å². The Kier molecular flexibility index (Phi) is 6.49. The van der Waals surface area contributed by atoms with Gasteiger partial charge < -0.3 is 15.5 Å². The molecule has 0 saturated carbocycles. The van der Waals surface area contributed by atoms with Crippen molar-refractivity contribution >= 4 is 23.4 Å². The number of hydrogen-bond donors (Lipinski definition) is 2. The first-order valence-corrected chi connectivity index (χ1v) is 10.7. The molecule has 0 radical (unpaired) electrons. The second-order valence-electron chi connectivity index (χ2n) is 7.98. The minimum Gasteiger partial charge on any atom is -0.353 e. The lowest BCUT2D eigenvalue weighted by molar-refractivity contribution is -0.127. The van der Waals surface area contributed by atoms with E-state index < -0.39 is 6.04 Å². The number of nitrogens with one attached hydrogen (secondary N) is 2. The zero-order valence-corrected chi connectivity index (χ0v) is 18.2. The number of nitrogens with zero attached hydrogens (tertiary/aromatic N) is 1. The number of carbonyl (C=O) groups is 3. The lowest BCUT2D eigenvalue weighted by Gasteiger charge is -2.35. The van der Waals surface area contributed by atoms with Gasteiger partial charge in [-0.2, -0.15) is 0 Å². The van der Waals surface area contributed by atoms with Crippen LogP contribution in [0.25, 0.3) is 11.1 Å². The summed E-state index contributed by atoms with van der Waals surface area (Å²) in [6.45, 7) is 2.19. The Balaban J connectivity index is 1.55. The zero-order chi connectivity index (χ0) is 23.4. The van der Waals surface area contributed by atoms with Gasteiger partial charge in [0, 0.05) is 37.7 Å². The molecule has 4 rings (SSSR count). The number of amides is 3. The van der Waals surface area contributed by atoms with Crippen molar-refractivity contribution in [2.75, 3.05) is 18.4 Å². The van der Waals surface area contributed by atoms with E-state index in [1.54, 1.807) is 35.2 Å². The maximum Gasteiger partial charge on any atom is 0.254 e. The van der Waals surface area contributed by atoms with Crippen LogP contribution in [-0.2, 0) is 16.0 Å². The molecule has 7 heteroatoms. The van der Waals surface area contributed by atoms with E-state index in [4.69, 9.17) is 0 Å². The lowest BCUT2D eigenvalue weighted by Crippen LogP contribution is -2.58. The molecule has 1 atom stereocenters. The number of hydrogen-bond acceptors (Lipinski definition) is 3. The summed E-state index contributed by atoms with van der Waals surface area (Å²) in [5.74, 6) is -0.959. The number of carbonyl (C=O) groups excluding carboxylic acids is 3. The fourth-order valence-electron chi connectivity index (χ4n) is 4.00. The molecular formula is C26H24FN3O3. The van der Waals surface area contributed by atoms with Crippen LogP contribution < -0.4 is 10.6 Å². The van der Waals surface area contributed by atoms with E-state index in [0.717, 1.165) is 16.7 Å². The molecule has 3 amide bonds. The summed E-state index contributed by atoms with van der Waals surface area (Å²) in [5.41, 5.74) is 3.50. The van der Waals surface area contributed by atoms with E-state index in [-0.39, 0.29) is 23.5 Å². The highest BCUT2D eigenvalue weighted by Crippen LogP contribution is 2.23. The number of rotatable bonds is 5. The second kappa shape index (κ2) is 9.65. The van der Waals surface area contributed by atoms with Crippen molar-refractivity contribution in [3.63, 3.8) is 0 Å². The molecule has 1 saturated heterocycles. The Bertz CT molecular complexity index is 1190. The topological polar surface area (TPSA) is 78.5 Å². The molecule has 1 heterocycles. The molecule has 0 aromatic heterocycles. The van der Waals surface area contributed by atoms with Crippen molar-refractivity contribution in [3.05, 3.63) is 89.7 Å². The highest BCUT2D eigenvalue weighted by atomic mass is 19.1. The monoisotopic (exact) mass is 445 g/mol. The van der Waals surface area contributed by atoms with Gasteiger partial charge in [-0.25, -0.2) is 4.39 Å². The zero-order valence-electron chi connectivity index (χ0n) is 18.2. The van der Waals surface area contributed by atoms with E-state index in [9.17, 15) is 18.8 Å². The smallest absolute Gasteiger partial charge is 0.254 e. The average molecular weight is 445 g/mol. The average Bonchev–Trinajstić information content (AvgIpc) is 2.80. The van der Waals surface area contributed by atoms with Crippen LogP contribution in [-0.4, -0.2) is 41.8 Å². The first-order valence-electron chi connectivity index (χ1n) is 10.7. The van der Waals surface area contributed by atoms with Gasteiger partial charge in [0.2, 0.25) is 11.8 Å². The van der Waals surface area contributed by atoms with Crippen LogP contribution in [0.2, 0.25) is 0 Å². The molecule has 6 nitrogen and oxygen atoms in total. The molecule has 3 aromatic rings. The summed E-state index contributed by atoms with van der Waals surface area (Å²) < 4.78 is 13.6. The van der Waals surface area contributed by atoms with Gasteiger partial charge in [-0.3, -0.25) is 14.4 Å². The first kappa shape index (κ1) is 22.2. The van der Waals surface area contributed by atoms with Gasteiger partial charge in [0.1, 0.15) is 11.9 Å². The van der Waals surface area contributed by atoms with Gasteiger partial charge in [0.25, 0.3) is 5.91 Å². The van der Waals surface area contributed by atoms with Gasteiger partial charge >= 0.3 is 0 Å². The summed E-state index contributed by atoms with van der Waals surface area (Å²) in [7, 11) is 0. The standard InChI is InChI=1S/C26H24FN3O3/c1-17(31)29-23-10-8-19(9-11-23)26(33)30-13-12-28-25(32)24(30)15-18-4-2-5-20(14-18)21-6-3-7-22(27)16-21/h2-11,14,16,24H,12-13,15H2,1H3,(H,28,32)(H,29,31)/t24-/m0/s1. The van der Waals surface area contributed by atoms with E-state index in [1.807, 2.05) is 30.3 Å². The fourth-order valence-corrected chi connectivity index (χ4v) is 4.00. The SMILES string of the molecule is CC(=O)Nc1ccc(C(=O)N2CCNC(=O)[C@@H]2Cc2cccc(-c3cccc(F)c3)c2)cc1. The highest BCUT2D eigenvalue weighted by molar-refractivity contribution is 5.99. The third-order valence-corrected chi connectivity index (χ3v) is 5.56. The third-order valence-electron chi connectivity index (χ3n) is 5.56. The molecule has 1 aliphatic heterocycles. The van der Waals surface area contributed by atoms with Gasteiger partial charge in [0.05, 0.1) is 0 Å². The molecule has 0 unspecified atom stereocenters. The molecule has 0 spiro atoms. The molecule has 1 aliphatic rings. The number of piperazine rings is 1. The largest absolute Gasteiger partial charge is 0.353 e. The molecule has 0 bridgehead atoms. The van der Waals surface area contributed by atoms with Gasteiger partial charge in [0.15, 0.2) is 0 Å². The normalized spacial score (nSPS) is 15.6. The van der Waals surface area contributed by atoms with Crippen LogP contribution in [0.4, 0.5) is 10.1 Å². The Labute approximate surface area is 191 Å². The second-order valence-corrected chi connectivity index (χ2v) is 7.98. The van der Waals surface area contributed by atoms with Crippen LogP contribution in [0.1, 0.15) is 22.8 Å². The van der Waals surface area contributed by atoms with Crippen LogP contribution >= 0.6 is 0 Å². The summed E-state index contributed by atoms with van der Waals surface area (Å²) in [6.07, 6.45) is 0.338. The minimum atomic E-state index is -0.663. The quantitative estimate of drug-likeness (QED) is 0.630. The van der Waals surface area contributed by atoms with Crippen molar-refractivity contribution in [1.29, 1.82) is 0 Å². The molecule has 3 aromatic carbocycles. The minimum absolute atomic E-state index is 0.192. The van der Waals surface area contributed by atoms with Gasteiger partial charge in [-0.1, -0.05) is 36.4 Å². The highest BCUT2D eigenvalue weighted by Gasteiger charge is 2.33. The van der Waals surface area contributed by atoms with Crippen LogP contribution in [0, 0.1) is 5.82 Å². The maximum absolute atomic E-state index is 13.6. The molecule has 168 valence electrons. The molecule has 2 N–H and O–H groups in total. The third kappa shape index (κ3) is 5.26. The molecular weight excluding hydrogens is 421 g/mol. The van der Waals surface area contributed by atoms with E-state index in [0.29, 0.717) is 30.8 Å². The Morgan fingerprint density at radius 3 is 2.42 bits per heavy atom. The van der Waals surface area contributed by atoms with Crippen LogP contribution in [0.5, 0.6) is 0 Å². The van der Waals surface area contributed by atoms with Crippen LogP contribution in [0.15, 0.2) is 72.8 Å². The molecule has 1 fully saturated rings.